The normalized spacial score (nSPS) is 11.6. The Hall–Kier alpha value is -1.08. The smallest absolute Gasteiger partial charge is 0.338 e. The van der Waals surface area contributed by atoms with Gasteiger partial charge in [0.15, 0.2) is 9.84 Å². The Morgan fingerprint density at radius 1 is 1.40 bits per heavy atom. The number of benzene rings is 1. The predicted molar refractivity (Wildman–Crippen MR) is 77.8 cm³/mol. The monoisotopic (exact) mass is 320 g/mol. The van der Waals surface area contributed by atoms with Crippen molar-refractivity contribution in [3.05, 3.63) is 29.1 Å². The number of carbonyl (C=O) groups is 1. The molecule has 0 aromatic heterocycles. The standard InChI is InChI=1S/C13H17FO4S2/c1-3-19-5-4-6-20(17,18)10-7-9(2)12(14)11(8-10)13(15)16/h7-8H,3-6H2,1-2H3,(H,15,16). The van der Waals surface area contributed by atoms with Crippen LogP contribution in [0.15, 0.2) is 17.0 Å². The predicted octanol–water partition coefficient (Wildman–Crippen LogP) is 2.75. The molecule has 0 bridgehead atoms. The van der Waals surface area contributed by atoms with Crippen LogP contribution in [0.5, 0.6) is 0 Å². The van der Waals surface area contributed by atoms with Gasteiger partial charge in [-0.3, -0.25) is 0 Å². The molecule has 112 valence electrons. The summed E-state index contributed by atoms with van der Waals surface area (Å²) < 4.78 is 37.8. The van der Waals surface area contributed by atoms with Crippen LogP contribution in [-0.4, -0.2) is 36.8 Å². The average Bonchev–Trinajstić information content (AvgIpc) is 2.37. The lowest BCUT2D eigenvalue weighted by atomic mass is 10.1. The van der Waals surface area contributed by atoms with Crippen molar-refractivity contribution < 1.29 is 22.7 Å². The van der Waals surface area contributed by atoms with Gasteiger partial charge in [0.2, 0.25) is 0 Å². The van der Waals surface area contributed by atoms with E-state index in [4.69, 9.17) is 5.11 Å². The first-order valence-electron chi connectivity index (χ1n) is 6.13. The summed E-state index contributed by atoms with van der Waals surface area (Å²) in [6.07, 6.45) is 0.486. The lowest BCUT2D eigenvalue weighted by Crippen LogP contribution is -2.11. The van der Waals surface area contributed by atoms with Crippen molar-refractivity contribution in [2.24, 2.45) is 0 Å². The molecule has 0 heterocycles. The summed E-state index contributed by atoms with van der Waals surface area (Å²) in [6, 6.07) is 2.08. The van der Waals surface area contributed by atoms with E-state index in [0.717, 1.165) is 17.6 Å². The molecular weight excluding hydrogens is 303 g/mol. The number of sulfone groups is 1. The first-order valence-corrected chi connectivity index (χ1v) is 8.94. The van der Waals surface area contributed by atoms with Crippen LogP contribution in [-0.2, 0) is 9.84 Å². The maximum Gasteiger partial charge on any atom is 0.338 e. The number of aromatic carboxylic acids is 1. The van der Waals surface area contributed by atoms with Crippen molar-refractivity contribution in [1.82, 2.24) is 0 Å². The first-order chi connectivity index (χ1) is 9.29. The van der Waals surface area contributed by atoms with Gasteiger partial charge in [0, 0.05) is 0 Å². The van der Waals surface area contributed by atoms with Crippen LogP contribution in [0, 0.1) is 12.7 Å². The van der Waals surface area contributed by atoms with Gasteiger partial charge in [0.1, 0.15) is 5.82 Å². The van der Waals surface area contributed by atoms with Crippen LogP contribution >= 0.6 is 11.8 Å². The highest BCUT2D eigenvalue weighted by Crippen LogP contribution is 2.21. The number of hydrogen-bond acceptors (Lipinski definition) is 4. The topological polar surface area (TPSA) is 71.4 Å². The van der Waals surface area contributed by atoms with Crippen LogP contribution in [0.3, 0.4) is 0 Å². The molecule has 0 aliphatic carbocycles. The molecule has 0 aliphatic rings. The van der Waals surface area contributed by atoms with Crippen LogP contribution in [0.1, 0.15) is 29.3 Å². The molecule has 0 saturated heterocycles. The van der Waals surface area contributed by atoms with Crippen molar-refractivity contribution in [2.45, 2.75) is 25.2 Å². The number of thioether (sulfide) groups is 1. The Bertz CT molecular complexity index is 597. The minimum Gasteiger partial charge on any atom is -0.478 e. The van der Waals surface area contributed by atoms with Crippen molar-refractivity contribution in [3.8, 4) is 0 Å². The van der Waals surface area contributed by atoms with E-state index in [1.54, 1.807) is 11.8 Å². The molecule has 0 spiro atoms. The molecule has 20 heavy (non-hydrogen) atoms. The van der Waals surface area contributed by atoms with Crippen LogP contribution < -0.4 is 0 Å². The maximum atomic E-state index is 13.6. The number of carboxylic acid groups (broad SMARTS) is 1. The zero-order valence-electron chi connectivity index (χ0n) is 11.3. The third-order valence-corrected chi connectivity index (χ3v) is 5.49. The second kappa shape index (κ2) is 7.08. The highest BCUT2D eigenvalue weighted by Gasteiger charge is 2.21. The Labute approximate surface area is 122 Å². The summed E-state index contributed by atoms with van der Waals surface area (Å²) in [5.74, 6) is -0.785. The highest BCUT2D eigenvalue weighted by molar-refractivity contribution is 7.99. The minimum absolute atomic E-state index is 0.0198. The number of rotatable bonds is 7. The van der Waals surface area contributed by atoms with Crippen molar-refractivity contribution in [3.63, 3.8) is 0 Å². The zero-order chi connectivity index (χ0) is 15.3. The van der Waals surface area contributed by atoms with Crippen molar-refractivity contribution in [1.29, 1.82) is 0 Å². The van der Waals surface area contributed by atoms with Gasteiger partial charge in [-0.05, 0) is 42.5 Å². The minimum atomic E-state index is -3.58. The van der Waals surface area contributed by atoms with Gasteiger partial charge >= 0.3 is 5.97 Å². The second-order valence-corrected chi connectivity index (χ2v) is 7.78. The SMILES string of the molecule is CCSCCCS(=O)(=O)c1cc(C)c(F)c(C(=O)O)c1. The fourth-order valence-electron chi connectivity index (χ4n) is 1.68. The third-order valence-electron chi connectivity index (χ3n) is 2.72. The molecule has 0 radical (unpaired) electrons. The van der Waals surface area contributed by atoms with E-state index in [9.17, 15) is 17.6 Å². The number of aryl methyl sites for hydroxylation is 1. The number of hydrogen-bond donors (Lipinski definition) is 1. The van der Waals surface area contributed by atoms with Gasteiger partial charge in [-0.1, -0.05) is 6.92 Å². The molecule has 1 rings (SSSR count). The number of halogens is 1. The van der Waals surface area contributed by atoms with Crippen LogP contribution in [0.2, 0.25) is 0 Å². The van der Waals surface area contributed by atoms with E-state index in [2.05, 4.69) is 0 Å². The van der Waals surface area contributed by atoms with E-state index < -0.39 is 27.2 Å². The molecule has 0 fully saturated rings. The highest BCUT2D eigenvalue weighted by atomic mass is 32.2. The molecule has 0 saturated carbocycles. The molecule has 4 nitrogen and oxygen atoms in total. The van der Waals surface area contributed by atoms with E-state index >= 15 is 0 Å². The number of carboxylic acids is 1. The van der Waals surface area contributed by atoms with Crippen LogP contribution in [0.25, 0.3) is 0 Å². The molecule has 7 heteroatoms. The van der Waals surface area contributed by atoms with Gasteiger partial charge in [-0.2, -0.15) is 11.8 Å². The molecule has 0 atom stereocenters. The largest absolute Gasteiger partial charge is 0.478 e. The molecule has 0 unspecified atom stereocenters. The third kappa shape index (κ3) is 4.21. The summed E-state index contributed by atoms with van der Waals surface area (Å²) in [4.78, 5) is 10.8. The van der Waals surface area contributed by atoms with E-state index in [1.807, 2.05) is 6.92 Å². The van der Waals surface area contributed by atoms with E-state index in [0.29, 0.717) is 6.42 Å². The second-order valence-electron chi connectivity index (χ2n) is 4.28. The summed E-state index contributed by atoms with van der Waals surface area (Å²) in [5.41, 5.74) is -0.585. The lowest BCUT2D eigenvalue weighted by molar-refractivity contribution is 0.0691. The average molecular weight is 320 g/mol. The van der Waals surface area contributed by atoms with Gasteiger partial charge in [-0.15, -0.1) is 0 Å². The summed E-state index contributed by atoms with van der Waals surface area (Å²) in [6.45, 7) is 3.34. The fraction of sp³-hybridized carbons (Fsp3) is 0.462. The maximum absolute atomic E-state index is 13.6. The fourth-order valence-corrected chi connectivity index (χ4v) is 3.92. The van der Waals surface area contributed by atoms with Crippen molar-refractivity contribution >= 4 is 27.6 Å². The van der Waals surface area contributed by atoms with Gasteiger partial charge in [0.25, 0.3) is 0 Å². The van der Waals surface area contributed by atoms with E-state index in [1.165, 1.54) is 13.0 Å². The molecule has 1 N–H and O–H groups in total. The molecule has 0 amide bonds. The molecular formula is C13H17FO4S2. The Balaban J connectivity index is 3.04. The Kier molecular flexibility index (Phi) is 6.01. The summed E-state index contributed by atoms with van der Waals surface area (Å²) >= 11 is 1.64. The summed E-state index contributed by atoms with van der Waals surface area (Å²) in [5, 5.41) is 8.89. The van der Waals surface area contributed by atoms with Crippen LogP contribution in [0.4, 0.5) is 4.39 Å². The van der Waals surface area contributed by atoms with Gasteiger partial charge in [-0.25, -0.2) is 17.6 Å². The van der Waals surface area contributed by atoms with E-state index in [-0.39, 0.29) is 16.2 Å². The Morgan fingerprint density at radius 3 is 2.60 bits per heavy atom. The van der Waals surface area contributed by atoms with Crippen molar-refractivity contribution in [2.75, 3.05) is 17.3 Å². The quantitative estimate of drug-likeness (QED) is 0.618. The lowest BCUT2D eigenvalue weighted by Gasteiger charge is -2.08. The zero-order valence-corrected chi connectivity index (χ0v) is 13.0. The molecule has 0 aliphatic heterocycles. The Morgan fingerprint density at radius 2 is 2.05 bits per heavy atom. The first kappa shape index (κ1) is 17.0. The summed E-state index contributed by atoms with van der Waals surface area (Å²) in [7, 11) is -3.58. The molecule has 1 aromatic carbocycles. The molecule has 1 aromatic rings. The van der Waals surface area contributed by atoms with Gasteiger partial charge < -0.3 is 5.11 Å². The van der Waals surface area contributed by atoms with Gasteiger partial charge in [0.05, 0.1) is 16.2 Å².